The van der Waals surface area contributed by atoms with Crippen molar-refractivity contribution in [3.8, 4) is 0 Å². The summed E-state index contributed by atoms with van der Waals surface area (Å²) in [6.07, 6.45) is 4.81. The molecule has 0 aromatic rings. The summed E-state index contributed by atoms with van der Waals surface area (Å²) < 4.78 is 10.9. The van der Waals surface area contributed by atoms with E-state index in [1.54, 1.807) is 0 Å². The molecule has 1 amide bonds. The van der Waals surface area contributed by atoms with Gasteiger partial charge in [-0.05, 0) is 46.5 Å². The van der Waals surface area contributed by atoms with E-state index in [2.05, 4.69) is 5.32 Å². The van der Waals surface area contributed by atoms with Gasteiger partial charge in [0.05, 0.1) is 12.2 Å². The summed E-state index contributed by atoms with van der Waals surface area (Å²) in [4.78, 5) is 11.4. The highest BCUT2D eigenvalue weighted by Gasteiger charge is 2.36. The molecule has 0 spiro atoms. The number of hydrogen-bond acceptors (Lipinski definition) is 3. The lowest BCUT2D eigenvalue weighted by Crippen LogP contribution is -2.49. The third kappa shape index (κ3) is 3.67. The third-order valence-corrected chi connectivity index (χ3v) is 2.72. The average molecular weight is 227 g/mol. The van der Waals surface area contributed by atoms with Gasteiger partial charge in [0.2, 0.25) is 0 Å². The van der Waals surface area contributed by atoms with Crippen LogP contribution in [0.15, 0.2) is 0 Å². The van der Waals surface area contributed by atoms with Crippen molar-refractivity contribution in [3.63, 3.8) is 0 Å². The molecular formula is C12H21NO3. The molecule has 2 saturated carbocycles. The van der Waals surface area contributed by atoms with Crippen molar-refractivity contribution in [1.29, 1.82) is 0 Å². The number of carbonyl (C=O) groups is 1. The predicted molar refractivity (Wildman–Crippen MR) is 60.3 cm³/mol. The van der Waals surface area contributed by atoms with Crippen LogP contribution in [0.3, 0.4) is 0 Å². The molecule has 0 atom stereocenters. The molecule has 0 bridgehead atoms. The molecule has 0 heterocycles. The largest absolute Gasteiger partial charge is 0.444 e. The van der Waals surface area contributed by atoms with E-state index < -0.39 is 5.60 Å². The molecule has 0 saturated heterocycles. The van der Waals surface area contributed by atoms with Gasteiger partial charge in [-0.25, -0.2) is 4.79 Å². The molecule has 0 aliphatic heterocycles. The molecule has 1 N–H and O–H groups in total. The average Bonchev–Trinajstić information content (AvgIpc) is 2.80. The van der Waals surface area contributed by atoms with Gasteiger partial charge in [0.15, 0.2) is 0 Å². The summed E-state index contributed by atoms with van der Waals surface area (Å²) in [5, 5.41) is 2.86. The molecule has 2 aliphatic carbocycles. The molecule has 16 heavy (non-hydrogen) atoms. The minimum absolute atomic E-state index is 0.235. The number of nitrogens with one attached hydrogen (secondary N) is 1. The summed E-state index contributed by atoms with van der Waals surface area (Å²) in [5.74, 6) is 0. The van der Waals surface area contributed by atoms with Crippen LogP contribution >= 0.6 is 0 Å². The van der Waals surface area contributed by atoms with Crippen LogP contribution in [0.4, 0.5) is 4.79 Å². The smallest absolute Gasteiger partial charge is 0.407 e. The Morgan fingerprint density at radius 1 is 1.19 bits per heavy atom. The minimum Gasteiger partial charge on any atom is -0.444 e. The van der Waals surface area contributed by atoms with Crippen molar-refractivity contribution in [3.05, 3.63) is 0 Å². The Morgan fingerprint density at radius 3 is 2.31 bits per heavy atom. The first-order valence-electron chi connectivity index (χ1n) is 6.07. The van der Waals surface area contributed by atoms with Crippen LogP contribution < -0.4 is 5.32 Å². The van der Waals surface area contributed by atoms with Crippen molar-refractivity contribution in [2.24, 2.45) is 0 Å². The van der Waals surface area contributed by atoms with Gasteiger partial charge >= 0.3 is 6.09 Å². The van der Waals surface area contributed by atoms with Gasteiger partial charge < -0.3 is 14.8 Å². The fraction of sp³-hybridized carbons (Fsp3) is 0.917. The molecule has 0 unspecified atom stereocenters. The topological polar surface area (TPSA) is 47.6 Å². The van der Waals surface area contributed by atoms with Gasteiger partial charge in [-0.2, -0.15) is 0 Å². The fourth-order valence-corrected chi connectivity index (χ4v) is 1.75. The molecule has 4 heteroatoms. The first kappa shape index (κ1) is 11.7. The van der Waals surface area contributed by atoms with E-state index >= 15 is 0 Å². The lowest BCUT2D eigenvalue weighted by Gasteiger charge is -2.36. The van der Waals surface area contributed by atoms with Crippen LogP contribution in [0.1, 0.15) is 46.5 Å². The third-order valence-electron chi connectivity index (χ3n) is 2.72. The molecule has 92 valence electrons. The molecule has 4 nitrogen and oxygen atoms in total. The summed E-state index contributed by atoms with van der Waals surface area (Å²) in [6, 6.07) is 0.235. The Hall–Kier alpha value is -0.770. The molecule has 2 aliphatic rings. The van der Waals surface area contributed by atoms with E-state index in [-0.39, 0.29) is 12.1 Å². The van der Waals surface area contributed by atoms with Crippen molar-refractivity contribution in [2.75, 3.05) is 0 Å². The second kappa shape index (κ2) is 4.24. The highest BCUT2D eigenvalue weighted by Crippen LogP contribution is 2.32. The summed E-state index contributed by atoms with van der Waals surface area (Å²) in [7, 11) is 0. The Balaban J connectivity index is 1.59. The Bertz CT molecular complexity index is 262. The maximum atomic E-state index is 11.4. The Kier molecular flexibility index (Phi) is 3.10. The predicted octanol–water partition coefficient (Wildman–Crippen LogP) is 2.22. The molecule has 0 aromatic heterocycles. The number of amides is 1. The van der Waals surface area contributed by atoms with Gasteiger partial charge in [-0.1, -0.05) is 0 Å². The van der Waals surface area contributed by atoms with Gasteiger partial charge in [0, 0.05) is 6.04 Å². The van der Waals surface area contributed by atoms with E-state index in [9.17, 15) is 4.79 Å². The van der Waals surface area contributed by atoms with Crippen LogP contribution in [-0.4, -0.2) is 29.9 Å². The zero-order valence-corrected chi connectivity index (χ0v) is 10.3. The summed E-state index contributed by atoms with van der Waals surface area (Å²) in [6.45, 7) is 5.60. The van der Waals surface area contributed by atoms with Crippen LogP contribution in [0.25, 0.3) is 0 Å². The normalized spacial score (nSPS) is 29.4. The van der Waals surface area contributed by atoms with E-state index in [1.165, 1.54) is 12.8 Å². The number of alkyl carbamates (subject to hydrolysis) is 1. The zero-order chi connectivity index (χ0) is 11.8. The first-order valence-corrected chi connectivity index (χ1v) is 6.07. The maximum Gasteiger partial charge on any atom is 0.407 e. The maximum absolute atomic E-state index is 11.4. The number of hydrogen-bond donors (Lipinski definition) is 1. The van der Waals surface area contributed by atoms with Crippen LogP contribution in [0.2, 0.25) is 0 Å². The van der Waals surface area contributed by atoms with E-state index in [1.807, 2.05) is 20.8 Å². The van der Waals surface area contributed by atoms with Gasteiger partial charge in [0.1, 0.15) is 5.60 Å². The quantitative estimate of drug-likeness (QED) is 0.804. The highest BCUT2D eigenvalue weighted by molar-refractivity contribution is 5.68. The van der Waals surface area contributed by atoms with Crippen molar-refractivity contribution < 1.29 is 14.3 Å². The zero-order valence-electron chi connectivity index (χ0n) is 10.3. The lowest BCUT2D eigenvalue weighted by molar-refractivity contribution is -0.0291. The molecular weight excluding hydrogens is 206 g/mol. The fourth-order valence-electron chi connectivity index (χ4n) is 1.75. The lowest BCUT2D eigenvalue weighted by atomic mass is 9.89. The van der Waals surface area contributed by atoms with E-state index in [4.69, 9.17) is 9.47 Å². The van der Waals surface area contributed by atoms with Gasteiger partial charge in [-0.3, -0.25) is 0 Å². The molecule has 2 rings (SSSR count). The van der Waals surface area contributed by atoms with Crippen LogP contribution in [0, 0.1) is 0 Å². The standard InChI is InChI=1S/C12H21NO3/c1-12(2,3)16-11(14)13-8-6-10(7-8)15-9-4-5-9/h8-10H,4-7H2,1-3H3,(H,13,14)/t8-,10+. The SMILES string of the molecule is CC(C)(C)OC(=O)N[C@H]1C[C@@H](OC2CC2)C1. The van der Waals surface area contributed by atoms with Gasteiger partial charge in [-0.15, -0.1) is 0 Å². The minimum atomic E-state index is -0.419. The Morgan fingerprint density at radius 2 is 1.81 bits per heavy atom. The van der Waals surface area contributed by atoms with Crippen molar-refractivity contribution in [2.45, 2.75) is 70.3 Å². The van der Waals surface area contributed by atoms with Gasteiger partial charge in [0.25, 0.3) is 0 Å². The van der Waals surface area contributed by atoms with Crippen molar-refractivity contribution in [1.82, 2.24) is 5.32 Å². The number of carbonyl (C=O) groups excluding carboxylic acids is 1. The second-order valence-electron chi connectivity index (χ2n) is 5.77. The van der Waals surface area contributed by atoms with Crippen molar-refractivity contribution >= 4 is 6.09 Å². The Labute approximate surface area is 96.7 Å². The van der Waals surface area contributed by atoms with E-state index in [0.29, 0.717) is 12.2 Å². The first-order chi connectivity index (χ1) is 7.42. The molecule has 2 fully saturated rings. The van der Waals surface area contributed by atoms with E-state index in [0.717, 1.165) is 12.8 Å². The summed E-state index contributed by atoms with van der Waals surface area (Å²) >= 11 is 0. The number of ether oxygens (including phenoxy) is 2. The number of rotatable bonds is 3. The van der Waals surface area contributed by atoms with Crippen LogP contribution in [-0.2, 0) is 9.47 Å². The summed E-state index contributed by atoms with van der Waals surface area (Å²) in [5.41, 5.74) is -0.419. The second-order valence-corrected chi connectivity index (χ2v) is 5.77. The highest BCUT2D eigenvalue weighted by atomic mass is 16.6. The molecule has 0 radical (unpaired) electrons. The molecule has 0 aromatic carbocycles. The van der Waals surface area contributed by atoms with Crippen LogP contribution in [0.5, 0.6) is 0 Å². The monoisotopic (exact) mass is 227 g/mol.